The smallest absolute Gasteiger partial charge is 0.306 e. The number of rotatable bonds is 6. The second-order valence-electron chi connectivity index (χ2n) is 6.75. The van der Waals surface area contributed by atoms with E-state index >= 15 is 0 Å². The van der Waals surface area contributed by atoms with E-state index in [0.29, 0.717) is 19.3 Å². The molecule has 5 nitrogen and oxygen atoms in total. The van der Waals surface area contributed by atoms with Crippen LogP contribution < -0.4 is 0 Å². The van der Waals surface area contributed by atoms with E-state index in [-0.39, 0.29) is 23.8 Å². The topological polar surface area (TPSA) is 74.7 Å². The van der Waals surface area contributed by atoms with Gasteiger partial charge in [0.05, 0.1) is 11.3 Å². The molecule has 0 aromatic heterocycles. The molecule has 2 unspecified atom stereocenters. The third-order valence-corrected chi connectivity index (χ3v) is 5.11. The number of hydrogen-bond donors (Lipinski definition) is 1. The highest BCUT2D eigenvalue weighted by atomic mass is 16.4. The number of carbonyl (C=O) groups is 3. The standard InChI is InChI=1S/C16H25NO4/c1-11(14(19)20)6-5-7-12(2)17-13(18)10-16(15(17)21)8-3-4-9-16/h11-12H,3-10H2,1-2H3,(H,19,20). The Hall–Kier alpha value is -1.39. The number of amides is 2. The Kier molecular flexibility index (Phi) is 4.69. The van der Waals surface area contributed by atoms with Crippen molar-refractivity contribution in [1.82, 2.24) is 4.90 Å². The lowest BCUT2D eigenvalue weighted by Crippen LogP contribution is -2.40. The summed E-state index contributed by atoms with van der Waals surface area (Å²) in [5.74, 6) is -1.19. The minimum absolute atomic E-state index is 0.0174. The first-order valence-corrected chi connectivity index (χ1v) is 7.97. The van der Waals surface area contributed by atoms with E-state index in [0.717, 1.165) is 32.1 Å². The number of hydrogen-bond acceptors (Lipinski definition) is 3. The lowest BCUT2D eigenvalue weighted by Gasteiger charge is -2.26. The fourth-order valence-electron chi connectivity index (χ4n) is 3.68. The highest BCUT2D eigenvalue weighted by molar-refractivity contribution is 6.06. The van der Waals surface area contributed by atoms with Gasteiger partial charge in [-0.1, -0.05) is 26.2 Å². The van der Waals surface area contributed by atoms with Crippen LogP contribution in [0.3, 0.4) is 0 Å². The van der Waals surface area contributed by atoms with Gasteiger partial charge in [0.15, 0.2) is 0 Å². The summed E-state index contributed by atoms with van der Waals surface area (Å²) in [4.78, 5) is 37.0. The predicted octanol–water partition coefficient (Wildman–Crippen LogP) is 2.59. The SMILES string of the molecule is CC(CCCC(C)N1C(=O)CC2(CCCC2)C1=O)C(=O)O. The molecule has 2 amide bonds. The zero-order chi connectivity index (χ0) is 15.6. The van der Waals surface area contributed by atoms with Crippen LogP contribution in [-0.4, -0.2) is 33.8 Å². The van der Waals surface area contributed by atoms with E-state index in [2.05, 4.69) is 0 Å². The largest absolute Gasteiger partial charge is 0.481 e. The predicted molar refractivity (Wildman–Crippen MR) is 77.5 cm³/mol. The Morgan fingerprint density at radius 1 is 1.24 bits per heavy atom. The molecule has 2 rings (SSSR count). The number of carbonyl (C=O) groups excluding carboxylic acids is 2. The maximum atomic E-state index is 12.6. The fraction of sp³-hybridized carbons (Fsp3) is 0.812. The lowest BCUT2D eigenvalue weighted by atomic mass is 9.84. The van der Waals surface area contributed by atoms with Crippen LogP contribution in [0, 0.1) is 11.3 Å². The zero-order valence-electron chi connectivity index (χ0n) is 12.9. The van der Waals surface area contributed by atoms with Crippen molar-refractivity contribution in [2.75, 3.05) is 0 Å². The average molecular weight is 295 g/mol. The molecule has 0 aromatic carbocycles. The summed E-state index contributed by atoms with van der Waals surface area (Å²) in [6.45, 7) is 3.59. The van der Waals surface area contributed by atoms with Crippen molar-refractivity contribution in [1.29, 1.82) is 0 Å². The van der Waals surface area contributed by atoms with E-state index in [1.807, 2.05) is 6.92 Å². The molecule has 1 aliphatic carbocycles. The molecule has 2 atom stereocenters. The van der Waals surface area contributed by atoms with Gasteiger partial charge in [-0.15, -0.1) is 0 Å². The number of nitrogens with zero attached hydrogens (tertiary/aromatic N) is 1. The van der Waals surface area contributed by atoms with Gasteiger partial charge in [0, 0.05) is 12.5 Å². The highest BCUT2D eigenvalue weighted by Crippen LogP contribution is 2.47. The van der Waals surface area contributed by atoms with Gasteiger partial charge in [0.2, 0.25) is 11.8 Å². The second kappa shape index (κ2) is 6.16. The first-order valence-electron chi connectivity index (χ1n) is 7.97. The van der Waals surface area contributed by atoms with Crippen LogP contribution in [0.25, 0.3) is 0 Å². The summed E-state index contributed by atoms with van der Waals surface area (Å²) >= 11 is 0. The Balaban J connectivity index is 1.90. The third kappa shape index (κ3) is 3.11. The molecule has 2 aliphatic rings. The Morgan fingerprint density at radius 3 is 2.43 bits per heavy atom. The molecular weight excluding hydrogens is 270 g/mol. The van der Waals surface area contributed by atoms with E-state index < -0.39 is 11.4 Å². The molecular formula is C16H25NO4. The van der Waals surface area contributed by atoms with Gasteiger partial charge in [-0.3, -0.25) is 19.3 Å². The fourth-order valence-corrected chi connectivity index (χ4v) is 3.68. The Bertz CT molecular complexity index is 440. The van der Waals surface area contributed by atoms with Gasteiger partial charge >= 0.3 is 5.97 Å². The second-order valence-corrected chi connectivity index (χ2v) is 6.75. The highest BCUT2D eigenvalue weighted by Gasteiger charge is 2.53. The van der Waals surface area contributed by atoms with E-state index in [1.165, 1.54) is 4.90 Å². The van der Waals surface area contributed by atoms with Crippen LogP contribution in [0.1, 0.15) is 65.2 Å². The lowest BCUT2D eigenvalue weighted by molar-refractivity contribution is -0.144. The van der Waals surface area contributed by atoms with Gasteiger partial charge in [-0.25, -0.2) is 0 Å². The van der Waals surface area contributed by atoms with Crippen molar-refractivity contribution in [2.24, 2.45) is 11.3 Å². The molecule has 5 heteroatoms. The molecule has 1 aliphatic heterocycles. The van der Waals surface area contributed by atoms with Crippen molar-refractivity contribution < 1.29 is 19.5 Å². The molecule has 1 saturated heterocycles. The number of likely N-dealkylation sites (tertiary alicyclic amines) is 1. The molecule has 0 bridgehead atoms. The number of carboxylic acids is 1. The Labute approximate surface area is 125 Å². The van der Waals surface area contributed by atoms with Crippen LogP contribution in [0.4, 0.5) is 0 Å². The van der Waals surface area contributed by atoms with Crippen molar-refractivity contribution in [3.63, 3.8) is 0 Å². The first-order chi connectivity index (χ1) is 9.87. The van der Waals surface area contributed by atoms with Gasteiger partial charge in [0.25, 0.3) is 0 Å². The molecule has 2 fully saturated rings. The van der Waals surface area contributed by atoms with Crippen LogP contribution in [0.2, 0.25) is 0 Å². The minimum atomic E-state index is -0.791. The van der Waals surface area contributed by atoms with Crippen LogP contribution in [0.15, 0.2) is 0 Å². The molecule has 1 heterocycles. The molecule has 21 heavy (non-hydrogen) atoms. The van der Waals surface area contributed by atoms with Gasteiger partial charge in [-0.2, -0.15) is 0 Å². The van der Waals surface area contributed by atoms with Crippen LogP contribution in [-0.2, 0) is 14.4 Å². The van der Waals surface area contributed by atoms with E-state index in [1.54, 1.807) is 6.92 Å². The molecule has 1 N–H and O–H groups in total. The minimum Gasteiger partial charge on any atom is -0.481 e. The van der Waals surface area contributed by atoms with Crippen LogP contribution in [0.5, 0.6) is 0 Å². The summed E-state index contributed by atoms with van der Waals surface area (Å²) in [6, 6.07) is -0.119. The Morgan fingerprint density at radius 2 is 1.86 bits per heavy atom. The molecule has 1 saturated carbocycles. The summed E-state index contributed by atoms with van der Waals surface area (Å²) < 4.78 is 0. The summed E-state index contributed by atoms with van der Waals surface area (Å²) in [6.07, 6.45) is 6.13. The van der Waals surface area contributed by atoms with Gasteiger partial charge in [-0.05, 0) is 32.6 Å². The van der Waals surface area contributed by atoms with Gasteiger partial charge in [0.1, 0.15) is 0 Å². The van der Waals surface area contributed by atoms with Crippen LogP contribution >= 0.6 is 0 Å². The zero-order valence-corrected chi connectivity index (χ0v) is 12.9. The summed E-state index contributed by atoms with van der Waals surface area (Å²) in [7, 11) is 0. The third-order valence-electron chi connectivity index (χ3n) is 5.11. The van der Waals surface area contributed by atoms with E-state index in [4.69, 9.17) is 5.11 Å². The molecule has 118 valence electrons. The normalized spacial score (nSPS) is 23.8. The van der Waals surface area contributed by atoms with Crippen molar-refractivity contribution in [3.8, 4) is 0 Å². The maximum Gasteiger partial charge on any atom is 0.306 e. The van der Waals surface area contributed by atoms with Crippen molar-refractivity contribution >= 4 is 17.8 Å². The summed E-state index contributed by atoms with van der Waals surface area (Å²) in [5, 5.41) is 8.86. The number of carboxylic acid groups (broad SMARTS) is 1. The van der Waals surface area contributed by atoms with Crippen molar-refractivity contribution in [3.05, 3.63) is 0 Å². The molecule has 1 spiro atoms. The maximum absolute atomic E-state index is 12.6. The summed E-state index contributed by atoms with van der Waals surface area (Å²) in [5.41, 5.74) is -0.403. The van der Waals surface area contributed by atoms with Gasteiger partial charge < -0.3 is 5.11 Å². The molecule has 0 aromatic rings. The number of aliphatic carboxylic acids is 1. The molecule has 0 radical (unpaired) electrons. The van der Waals surface area contributed by atoms with Crippen molar-refractivity contribution in [2.45, 2.75) is 71.3 Å². The van der Waals surface area contributed by atoms with E-state index in [9.17, 15) is 14.4 Å². The number of imide groups is 1. The quantitative estimate of drug-likeness (QED) is 0.764. The monoisotopic (exact) mass is 295 g/mol. The average Bonchev–Trinajstić information content (AvgIpc) is 2.96. The first kappa shape index (κ1) is 16.0.